The molecule has 1 heterocycles. The lowest BCUT2D eigenvalue weighted by atomic mass is 10.1. The lowest BCUT2D eigenvalue weighted by Gasteiger charge is -2.21. The molecule has 1 aromatic rings. The number of likely N-dealkylation sites (N-methyl/N-ethyl adjacent to an activating group) is 1. The zero-order valence-electron chi connectivity index (χ0n) is 7.51. The Balaban J connectivity index is 2.22. The largest absolute Gasteiger partial charge is 0.323 e. The average molecular weight is 261 g/mol. The molecule has 4 heteroatoms. The summed E-state index contributed by atoms with van der Waals surface area (Å²) in [6.07, 6.45) is 2.27. The second-order valence-corrected chi connectivity index (χ2v) is 5.48. The van der Waals surface area contributed by atoms with E-state index in [1.165, 1.54) is 4.88 Å². The van der Waals surface area contributed by atoms with Crippen LogP contribution in [0.25, 0.3) is 0 Å². The molecule has 0 amide bonds. The van der Waals surface area contributed by atoms with E-state index in [9.17, 15) is 0 Å². The molecule has 1 fully saturated rings. The third-order valence-corrected chi connectivity index (χ3v) is 4.32. The fourth-order valence-corrected chi connectivity index (χ4v) is 3.30. The smallest absolute Gasteiger partial charge is 0.0595 e. The van der Waals surface area contributed by atoms with Crippen LogP contribution in [0.4, 0.5) is 0 Å². The topological polar surface area (TPSA) is 38.0 Å². The van der Waals surface area contributed by atoms with Gasteiger partial charge < -0.3 is 11.1 Å². The van der Waals surface area contributed by atoms with Crippen LogP contribution in [0.5, 0.6) is 0 Å². The van der Waals surface area contributed by atoms with Crippen molar-refractivity contribution in [2.45, 2.75) is 24.4 Å². The number of halogens is 1. The van der Waals surface area contributed by atoms with Crippen molar-refractivity contribution in [2.75, 3.05) is 7.05 Å². The molecule has 1 aromatic heterocycles. The monoisotopic (exact) mass is 260 g/mol. The first-order valence-corrected chi connectivity index (χ1v) is 6.03. The lowest BCUT2D eigenvalue weighted by molar-refractivity contribution is 0.468. The molecule has 1 aliphatic carbocycles. The summed E-state index contributed by atoms with van der Waals surface area (Å²) < 4.78 is 1.15. The second-order valence-electron chi connectivity index (χ2n) is 3.62. The van der Waals surface area contributed by atoms with E-state index in [4.69, 9.17) is 5.73 Å². The number of nitrogens with one attached hydrogen (secondary N) is 1. The van der Waals surface area contributed by atoms with Gasteiger partial charge in [-0.2, -0.15) is 0 Å². The van der Waals surface area contributed by atoms with Crippen LogP contribution < -0.4 is 11.1 Å². The number of nitrogens with two attached hydrogens (primary N) is 1. The van der Waals surface area contributed by atoms with Gasteiger partial charge in [0.2, 0.25) is 0 Å². The Morgan fingerprint density at radius 2 is 2.38 bits per heavy atom. The number of hydrogen-bond acceptors (Lipinski definition) is 3. The van der Waals surface area contributed by atoms with Crippen molar-refractivity contribution in [3.63, 3.8) is 0 Å². The molecular formula is C9H13BrN2S. The molecule has 0 aliphatic heterocycles. The van der Waals surface area contributed by atoms with Crippen LogP contribution in [0.3, 0.4) is 0 Å². The van der Waals surface area contributed by atoms with Crippen molar-refractivity contribution in [1.82, 2.24) is 5.32 Å². The minimum absolute atomic E-state index is 0.0129. The van der Waals surface area contributed by atoms with Crippen molar-refractivity contribution in [1.29, 1.82) is 0 Å². The first kappa shape index (κ1) is 9.65. The van der Waals surface area contributed by atoms with Gasteiger partial charge in [0.15, 0.2) is 0 Å². The molecule has 1 atom stereocenters. The van der Waals surface area contributed by atoms with E-state index in [0.29, 0.717) is 6.04 Å². The zero-order chi connectivity index (χ0) is 9.47. The highest BCUT2D eigenvalue weighted by Gasteiger charge is 2.46. The minimum Gasteiger partial charge on any atom is -0.323 e. The van der Waals surface area contributed by atoms with Crippen LogP contribution in [-0.4, -0.2) is 12.6 Å². The number of thiophene rings is 1. The Labute approximate surface area is 90.6 Å². The van der Waals surface area contributed by atoms with Gasteiger partial charge in [-0.1, -0.05) is 0 Å². The maximum atomic E-state index is 6.17. The lowest BCUT2D eigenvalue weighted by Crippen LogP contribution is -2.37. The van der Waals surface area contributed by atoms with Crippen LogP contribution in [-0.2, 0) is 0 Å². The van der Waals surface area contributed by atoms with E-state index in [1.807, 2.05) is 7.05 Å². The van der Waals surface area contributed by atoms with Gasteiger partial charge in [0.05, 0.1) is 6.04 Å². The number of rotatable bonds is 3. The molecule has 1 unspecified atom stereocenters. The van der Waals surface area contributed by atoms with E-state index in [2.05, 4.69) is 32.7 Å². The predicted octanol–water partition coefficient (Wildman–Crippen LogP) is 2.26. The first-order valence-electron chi connectivity index (χ1n) is 4.36. The van der Waals surface area contributed by atoms with Gasteiger partial charge in [-0.15, -0.1) is 11.3 Å². The third kappa shape index (κ3) is 1.81. The van der Waals surface area contributed by atoms with Gasteiger partial charge in [0.25, 0.3) is 0 Å². The van der Waals surface area contributed by atoms with Gasteiger partial charge in [0.1, 0.15) is 0 Å². The molecule has 2 nitrogen and oxygen atoms in total. The molecule has 0 saturated heterocycles. The highest BCUT2D eigenvalue weighted by molar-refractivity contribution is 9.10. The van der Waals surface area contributed by atoms with Crippen LogP contribution in [0.15, 0.2) is 15.9 Å². The molecule has 0 bridgehead atoms. The first-order chi connectivity index (χ1) is 6.15. The summed E-state index contributed by atoms with van der Waals surface area (Å²) in [4.78, 5) is 1.33. The summed E-state index contributed by atoms with van der Waals surface area (Å²) in [7, 11) is 1.98. The Morgan fingerprint density at radius 3 is 2.77 bits per heavy atom. The van der Waals surface area contributed by atoms with Gasteiger partial charge >= 0.3 is 0 Å². The highest BCUT2D eigenvalue weighted by atomic mass is 79.9. The Kier molecular flexibility index (Phi) is 2.49. The normalized spacial score (nSPS) is 21.5. The standard InChI is InChI=1S/C9H13BrN2S/c1-12-8(9(11)2-3-9)7-4-6(10)5-13-7/h4-5,8,12H,2-3,11H2,1H3. The summed E-state index contributed by atoms with van der Waals surface area (Å²) >= 11 is 5.22. The van der Waals surface area contributed by atoms with Crippen LogP contribution in [0, 0.1) is 0 Å². The minimum atomic E-state index is 0.0129. The maximum absolute atomic E-state index is 6.17. The quantitative estimate of drug-likeness (QED) is 0.875. The number of hydrogen-bond donors (Lipinski definition) is 2. The Morgan fingerprint density at radius 1 is 1.69 bits per heavy atom. The van der Waals surface area contributed by atoms with Gasteiger partial charge in [0, 0.05) is 20.3 Å². The van der Waals surface area contributed by atoms with E-state index >= 15 is 0 Å². The third-order valence-electron chi connectivity index (χ3n) is 2.56. The van der Waals surface area contributed by atoms with E-state index in [1.54, 1.807) is 11.3 Å². The van der Waals surface area contributed by atoms with Gasteiger partial charge in [-0.3, -0.25) is 0 Å². The molecule has 3 N–H and O–H groups in total. The molecule has 1 aliphatic rings. The van der Waals surface area contributed by atoms with Crippen molar-refractivity contribution in [3.8, 4) is 0 Å². The van der Waals surface area contributed by atoms with Gasteiger partial charge in [-0.25, -0.2) is 0 Å². The summed E-state index contributed by atoms with van der Waals surface area (Å²) in [6.45, 7) is 0. The molecule has 2 rings (SSSR count). The predicted molar refractivity (Wildman–Crippen MR) is 60.0 cm³/mol. The molecule has 1 saturated carbocycles. The van der Waals surface area contributed by atoms with Crippen LogP contribution in [0.2, 0.25) is 0 Å². The van der Waals surface area contributed by atoms with Crippen molar-refractivity contribution >= 4 is 27.3 Å². The summed E-state index contributed by atoms with van der Waals surface area (Å²) in [6, 6.07) is 2.47. The van der Waals surface area contributed by atoms with Crippen molar-refractivity contribution in [2.24, 2.45) is 5.73 Å². The molecule has 0 radical (unpaired) electrons. The molecule has 72 valence electrons. The summed E-state index contributed by atoms with van der Waals surface area (Å²) in [5, 5.41) is 5.40. The van der Waals surface area contributed by atoms with Crippen LogP contribution in [0.1, 0.15) is 23.8 Å². The van der Waals surface area contributed by atoms with Crippen molar-refractivity contribution < 1.29 is 0 Å². The molecule has 13 heavy (non-hydrogen) atoms. The fraction of sp³-hybridized carbons (Fsp3) is 0.556. The van der Waals surface area contributed by atoms with Crippen LogP contribution >= 0.6 is 27.3 Å². The SMILES string of the molecule is CNC(c1cc(Br)cs1)C1(N)CC1. The van der Waals surface area contributed by atoms with Crippen molar-refractivity contribution in [3.05, 3.63) is 20.8 Å². The van der Waals surface area contributed by atoms with E-state index < -0.39 is 0 Å². The summed E-state index contributed by atoms with van der Waals surface area (Å²) in [5.74, 6) is 0. The zero-order valence-corrected chi connectivity index (χ0v) is 9.91. The molecule has 0 aromatic carbocycles. The maximum Gasteiger partial charge on any atom is 0.0595 e. The van der Waals surface area contributed by atoms with E-state index in [0.717, 1.165) is 17.3 Å². The Bertz CT molecular complexity index is 306. The fourth-order valence-electron chi connectivity index (χ4n) is 1.63. The second kappa shape index (κ2) is 3.35. The average Bonchev–Trinajstić information content (AvgIpc) is 2.67. The molecule has 0 spiro atoms. The highest BCUT2D eigenvalue weighted by Crippen LogP contribution is 2.45. The molecular weight excluding hydrogens is 248 g/mol. The van der Waals surface area contributed by atoms with Gasteiger partial charge in [-0.05, 0) is 41.9 Å². The Hall–Kier alpha value is 0.1000. The summed E-state index contributed by atoms with van der Waals surface area (Å²) in [5.41, 5.74) is 6.18. The van der Waals surface area contributed by atoms with E-state index in [-0.39, 0.29) is 5.54 Å².